The first-order chi connectivity index (χ1) is 14.8. The Morgan fingerprint density at radius 3 is 2.03 bits per heavy atom. The number of halogens is 3. The van der Waals surface area contributed by atoms with Crippen LogP contribution in [0, 0.1) is 0 Å². The van der Waals surface area contributed by atoms with Crippen LogP contribution < -0.4 is 40.0 Å². The number of Topliss-reactive ketones (excluding diaryl/α,β-unsaturated/α-hetero) is 1. The summed E-state index contributed by atoms with van der Waals surface area (Å²) in [6.45, 7) is 0.972. The maximum atomic E-state index is 11.4. The molecule has 0 aromatic heterocycles. The molecule has 2 aromatic rings. The third kappa shape index (κ3) is 11.4. The van der Waals surface area contributed by atoms with Crippen LogP contribution in [0.2, 0.25) is 0 Å². The number of alkyl halides is 1. The number of nitrogens with one attached hydrogen (secondary N) is 1. The first-order valence-corrected chi connectivity index (χ1v) is 12.1. The van der Waals surface area contributed by atoms with Crippen molar-refractivity contribution in [1.29, 1.82) is 0 Å². The maximum Gasteiger partial charge on any atom is 1.00 e. The van der Waals surface area contributed by atoms with E-state index in [1.165, 1.54) is 17.5 Å². The summed E-state index contributed by atoms with van der Waals surface area (Å²) >= 11 is 11.4. The van der Waals surface area contributed by atoms with E-state index in [0.29, 0.717) is 12.8 Å². The number of carboxylic acids is 1. The molecule has 0 bridgehead atoms. The molecule has 9 heteroatoms. The van der Waals surface area contributed by atoms with Crippen LogP contribution >= 0.6 is 43.5 Å². The molecule has 32 heavy (non-hydrogen) atoms. The number of ketones is 1. The van der Waals surface area contributed by atoms with Gasteiger partial charge in [0.05, 0.1) is 0 Å². The molecule has 0 unspecified atom stereocenters. The van der Waals surface area contributed by atoms with Crippen molar-refractivity contribution in [3.63, 3.8) is 0 Å². The maximum absolute atomic E-state index is 11.4. The van der Waals surface area contributed by atoms with Gasteiger partial charge in [0.1, 0.15) is 0 Å². The van der Waals surface area contributed by atoms with Crippen molar-refractivity contribution in [3.8, 4) is 0 Å². The SMILES string of the molecule is CC(=O)[O-].CCl.O=C1CCCc2ccc(Br)cc21.O=C1CCCc2ccc(Br)cc2N1.[Na+]. The van der Waals surface area contributed by atoms with Gasteiger partial charge in [0.2, 0.25) is 5.91 Å². The molecule has 1 amide bonds. The zero-order valence-electron chi connectivity index (χ0n) is 18.5. The van der Waals surface area contributed by atoms with Gasteiger partial charge in [-0.05, 0) is 68.0 Å². The molecular weight excluding hydrogens is 573 g/mol. The first kappa shape index (κ1) is 31.3. The second-order valence-corrected chi connectivity index (χ2v) is 8.60. The molecule has 0 saturated carbocycles. The Morgan fingerprint density at radius 2 is 1.41 bits per heavy atom. The van der Waals surface area contributed by atoms with Gasteiger partial charge in [-0.15, -0.1) is 11.6 Å². The number of anilines is 1. The van der Waals surface area contributed by atoms with Gasteiger partial charge in [-0.3, -0.25) is 9.59 Å². The molecule has 0 spiro atoms. The molecule has 0 saturated heterocycles. The number of fused-ring (bicyclic) bond motifs is 2. The average molecular weight is 598 g/mol. The Balaban J connectivity index is 0.000000473. The second-order valence-electron chi connectivity index (χ2n) is 6.77. The number of rotatable bonds is 0. The quantitative estimate of drug-likeness (QED) is 0.373. The van der Waals surface area contributed by atoms with Gasteiger partial charge in [-0.2, -0.15) is 0 Å². The molecule has 2 aromatic carbocycles. The Bertz CT molecular complexity index is 921. The van der Waals surface area contributed by atoms with Crippen molar-refractivity contribution in [2.45, 2.75) is 45.4 Å². The fourth-order valence-corrected chi connectivity index (χ4v) is 3.86. The van der Waals surface area contributed by atoms with Crippen molar-refractivity contribution in [2.75, 3.05) is 11.7 Å². The number of benzene rings is 2. The van der Waals surface area contributed by atoms with Gasteiger partial charge < -0.3 is 15.2 Å². The van der Waals surface area contributed by atoms with Crippen LogP contribution in [-0.2, 0) is 22.4 Å². The van der Waals surface area contributed by atoms with Crippen LogP contribution in [-0.4, -0.2) is 24.0 Å². The summed E-state index contributed by atoms with van der Waals surface area (Å²) in [6.07, 6.45) is 6.80. The normalized spacial score (nSPS) is 13.4. The minimum absolute atomic E-state index is 0. The van der Waals surface area contributed by atoms with Gasteiger partial charge >= 0.3 is 29.6 Å². The summed E-state index contributed by atoms with van der Waals surface area (Å²) in [7, 11) is 0. The monoisotopic (exact) mass is 595 g/mol. The Kier molecular flexibility index (Phi) is 16.5. The van der Waals surface area contributed by atoms with Crippen LogP contribution in [0.15, 0.2) is 45.3 Å². The third-order valence-electron chi connectivity index (χ3n) is 4.42. The van der Waals surface area contributed by atoms with Gasteiger partial charge in [-0.1, -0.05) is 44.0 Å². The number of aryl methyl sites for hydroxylation is 2. The number of hydrogen-bond acceptors (Lipinski definition) is 4. The van der Waals surface area contributed by atoms with Crippen LogP contribution in [0.3, 0.4) is 0 Å². The molecule has 1 aliphatic carbocycles. The molecule has 2 aliphatic rings. The Labute approximate surface area is 233 Å². The molecule has 0 atom stereocenters. The molecule has 1 aliphatic heterocycles. The van der Waals surface area contributed by atoms with Crippen LogP contribution in [0.25, 0.3) is 0 Å². The zero-order valence-corrected chi connectivity index (χ0v) is 24.4. The van der Waals surface area contributed by atoms with Crippen LogP contribution in [0.1, 0.15) is 54.1 Å². The predicted octanol–water partition coefficient (Wildman–Crippen LogP) is 2.31. The number of carbonyl (C=O) groups excluding carboxylic acids is 3. The van der Waals surface area contributed by atoms with Crippen molar-refractivity contribution in [2.24, 2.45) is 0 Å². The molecule has 4 rings (SSSR count). The summed E-state index contributed by atoms with van der Waals surface area (Å²) < 4.78 is 2.00. The molecule has 1 heterocycles. The summed E-state index contributed by atoms with van der Waals surface area (Å²) in [5.74, 6) is -0.672. The van der Waals surface area contributed by atoms with Crippen molar-refractivity contribution >= 4 is 66.8 Å². The second kappa shape index (κ2) is 16.8. The molecule has 168 valence electrons. The molecule has 0 radical (unpaired) electrons. The predicted molar refractivity (Wildman–Crippen MR) is 130 cm³/mol. The smallest absolute Gasteiger partial charge is 0.550 e. The minimum atomic E-state index is -1.08. The van der Waals surface area contributed by atoms with E-state index in [2.05, 4.69) is 54.8 Å². The third-order valence-corrected chi connectivity index (χ3v) is 5.40. The van der Waals surface area contributed by atoms with Gasteiger partial charge in [0.25, 0.3) is 0 Å². The van der Waals surface area contributed by atoms with E-state index in [4.69, 9.17) is 9.90 Å². The Morgan fingerprint density at radius 1 is 0.906 bits per heavy atom. The summed E-state index contributed by atoms with van der Waals surface area (Å²) in [4.78, 5) is 31.5. The first-order valence-electron chi connectivity index (χ1n) is 9.71. The minimum Gasteiger partial charge on any atom is -0.550 e. The van der Waals surface area contributed by atoms with E-state index < -0.39 is 5.97 Å². The molecule has 5 nitrogen and oxygen atoms in total. The summed E-state index contributed by atoms with van der Waals surface area (Å²) in [5.41, 5.74) is 4.30. The molecule has 1 N–H and O–H groups in total. The van der Waals surface area contributed by atoms with E-state index in [1.54, 1.807) is 0 Å². The van der Waals surface area contributed by atoms with Crippen molar-refractivity contribution in [1.82, 2.24) is 0 Å². The van der Waals surface area contributed by atoms with E-state index in [-0.39, 0.29) is 41.2 Å². The van der Waals surface area contributed by atoms with Crippen LogP contribution in [0.5, 0.6) is 0 Å². The van der Waals surface area contributed by atoms with E-state index in [0.717, 1.165) is 52.8 Å². The number of hydrogen-bond donors (Lipinski definition) is 1. The van der Waals surface area contributed by atoms with Gasteiger partial charge in [0.15, 0.2) is 5.78 Å². The van der Waals surface area contributed by atoms with E-state index >= 15 is 0 Å². The fourth-order valence-electron chi connectivity index (χ4n) is 3.14. The molecular formula is C23H25Br2ClNNaO4. The van der Waals surface area contributed by atoms with Gasteiger partial charge in [-0.25, -0.2) is 0 Å². The number of aliphatic carboxylic acids is 1. The van der Waals surface area contributed by atoms with Crippen molar-refractivity contribution in [3.05, 3.63) is 62.0 Å². The van der Waals surface area contributed by atoms with Gasteiger partial charge in [0, 0.05) is 45.4 Å². The molecule has 0 fully saturated rings. The fraction of sp³-hybridized carbons (Fsp3) is 0.348. The summed E-state index contributed by atoms with van der Waals surface area (Å²) in [6, 6.07) is 12.0. The average Bonchev–Trinajstić information content (AvgIpc) is 2.90. The van der Waals surface area contributed by atoms with E-state index in [1.807, 2.05) is 30.3 Å². The van der Waals surface area contributed by atoms with Crippen molar-refractivity contribution < 1.29 is 49.0 Å². The largest absolute Gasteiger partial charge is 1.00 e. The summed E-state index contributed by atoms with van der Waals surface area (Å²) in [5, 5.41) is 11.8. The number of amides is 1. The van der Waals surface area contributed by atoms with Crippen LogP contribution in [0.4, 0.5) is 5.69 Å². The number of carbonyl (C=O) groups is 3. The van der Waals surface area contributed by atoms with E-state index in [9.17, 15) is 9.59 Å². The standard InChI is InChI=1S/C10H10BrNO.C10H9BrO.C2H4O2.CH3Cl.Na/c11-8-5-4-7-2-1-3-10(13)12-9(7)6-8;11-8-5-4-7-2-1-3-10(12)9(7)6-8;1-2(3)4;1-2;/h4-6H,1-3H2,(H,12,13);4-6H,1-3H2;1H3,(H,3,4);1H3;/q;;;;+1/p-1. The zero-order chi connectivity index (χ0) is 23.4. The number of carboxylic acid groups (broad SMARTS) is 1. The topological polar surface area (TPSA) is 86.3 Å². The Hall–Kier alpha value is -0.700.